The number of halogens is 1. The van der Waals surface area contributed by atoms with Crippen LogP contribution in [0.4, 0.5) is 5.69 Å². The number of hydrogen-bond donors (Lipinski definition) is 1. The Morgan fingerprint density at radius 3 is 2.52 bits per heavy atom. The summed E-state index contributed by atoms with van der Waals surface area (Å²) in [4.78, 5) is 11.8. The molecule has 0 aliphatic carbocycles. The summed E-state index contributed by atoms with van der Waals surface area (Å²) in [6, 6.07) is 13.1. The molecular weight excluding hydrogens is 286 g/mol. The van der Waals surface area contributed by atoms with Crippen molar-refractivity contribution >= 4 is 23.2 Å². The second kappa shape index (κ2) is 7.14. The third-order valence-electron chi connectivity index (χ3n) is 3.16. The summed E-state index contributed by atoms with van der Waals surface area (Å²) in [6.07, 6.45) is 0.981. The van der Waals surface area contributed by atoms with Gasteiger partial charge in [0.15, 0.2) is 6.61 Å². The lowest BCUT2D eigenvalue weighted by atomic mass is 10.2. The molecule has 2 rings (SSSR count). The summed E-state index contributed by atoms with van der Waals surface area (Å²) >= 11 is 6.02. The van der Waals surface area contributed by atoms with Crippen molar-refractivity contribution in [3.8, 4) is 5.75 Å². The van der Waals surface area contributed by atoms with Crippen LogP contribution in [0.2, 0.25) is 5.02 Å². The summed E-state index contributed by atoms with van der Waals surface area (Å²) in [5.41, 5.74) is 2.88. The van der Waals surface area contributed by atoms with Gasteiger partial charge in [-0.1, -0.05) is 36.7 Å². The monoisotopic (exact) mass is 303 g/mol. The first kappa shape index (κ1) is 15.4. The number of aryl methyl sites for hydroxylation is 2. The van der Waals surface area contributed by atoms with Crippen molar-refractivity contribution in [1.29, 1.82) is 0 Å². The largest absolute Gasteiger partial charge is 0.484 e. The topological polar surface area (TPSA) is 38.3 Å². The van der Waals surface area contributed by atoms with Gasteiger partial charge < -0.3 is 10.1 Å². The van der Waals surface area contributed by atoms with Crippen LogP contribution in [0.3, 0.4) is 0 Å². The lowest BCUT2D eigenvalue weighted by Gasteiger charge is -2.09. The molecule has 1 amide bonds. The number of hydrogen-bond acceptors (Lipinski definition) is 2. The second-order valence-electron chi connectivity index (χ2n) is 4.80. The molecule has 2 aromatic carbocycles. The molecule has 21 heavy (non-hydrogen) atoms. The summed E-state index contributed by atoms with van der Waals surface area (Å²) in [5.74, 6) is 0.471. The number of rotatable bonds is 5. The Balaban J connectivity index is 1.87. The van der Waals surface area contributed by atoms with Gasteiger partial charge in [0.1, 0.15) is 5.75 Å². The molecule has 2 aromatic rings. The molecule has 0 fully saturated rings. The maximum Gasteiger partial charge on any atom is 0.262 e. The molecule has 0 aliphatic rings. The molecule has 110 valence electrons. The summed E-state index contributed by atoms with van der Waals surface area (Å²) < 4.78 is 5.45. The lowest BCUT2D eigenvalue weighted by molar-refractivity contribution is -0.118. The average molecular weight is 304 g/mol. The van der Waals surface area contributed by atoms with Crippen LogP contribution in [0.1, 0.15) is 18.1 Å². The van der Waals surface area contributed by atoms with Gasteiger partial charge in [-0.25, -0.2) is 0 Å². The molecule has 3 nitrogen and oxygen atoms in total. The van der Waals surface area contributed by atoms with Gasteiger partial charge in [0, 0.05) is 10.7 Å². The van der Waals surface area contributed by atoms with E-state index in [1.54, 1.807) is 6.07 Å². The van der Waals surface area contributed by atoms with Crippen LogP contribution in [0.25, 0.3) is 0 Å². The van der Waals surface area contributed by atoms with Crippen molar-refractivity contribution in [3.05, 3.63) is 58.6 Å². The zero-order valence-electron chi connectivity index (χ0n) is 12.2. The van der Waals surface area contributed by atoms with Gasteiger partial charge >= 0.3 is 0 Å². The van der Waals surface area contributed by atoms with E-state index in [2.05, 4.69) is 12.2 Å². The Hall–Kier alpha value is -2.00. The van der Waals surface area contributed by atoms with E-state index in [1.807, 2.05) is 43.3 Å². The van der Waals surface area contributed by atoms with Crippen molar-refractivity contribution in [2.75, 3.05) is 11.9 Å². The SMILES string of the molecule is CCc1ccc(OCC(=O)Nc2ccc(C)c(Cl)c2)cc1. The molecule has 1 N–H and O–H groups in total. The first-order chi connectivity index (χ1) is 10.1. The van der Waals surface area contributed by atoms with Gasteiger partial charge in [0.25, 0.3) is 5.91 Å². The minimum atomic E-state index is -0.213. The minimum Gasteiger partial charge on any atom is -0.484 e. The van der Waals surface area contributed by atoms with E-state index in [1.165, 1.54) is 5.56 Å². The van der Waals surface area contributed by atoms with Crippen LogP contribution in [0, 0.1) is 6.92 Å². The highest BCUT2D eigenvalue weighted by Gasteiger charge is 2.05. The number of carbonyl (C=O) groups is 1. The molecule has 0 saturated carbocycles. The molecule has 0 spiro atoms. The predicted molar refractivity (Wildman–Crippen MR) is 86.1 cm³/mol. The maximum absolute atomic E-state index is 11.8. The van der Waals surface area contributed by atoms with Crippen LogP contribution in [0.5, 0.6) is 5.75 Å². The van der Waals surface area contributed by atoms with Gasteiger partial charge in [-0.3, -0.25) is 4.79 Å². The molecule has 0 unspecified atom stereocenters. The number of benzene rings is 2. The van der Waals surface area contributed by atoms with E-state index >= 15 is 0 Å². The lowest BCUT2D eigenvalue weighted by Crippen LogP contribution is -2.20. The zero-order chi connectivity index (χ0) is 15.2. The van der Waals surface area contributed by atoms with Gasteiger partial charge in [-0.2, -0.15) is 0 Å². The highest BCUT2D eigenvalue weighted by Crippen LogP contribution is 2.20. The predicted octanol–water partition coefficient (Wildman–Crippen LogP) is 4.23. The summed E-state index contributed by atoms with van der Waals surface area (Å²) in [5, 5.41) is 3.38. The van der Waals surface area contributed by atoms with E-state index in [0.29, 0.717) is 16.5 Å². The van der Waals surface area contributed by atoms with Crippen molar-refractivity contribution in [3.63, 3.8) is 0 Å². The average Bonchev–Trinajstić information content (AvgIpc) is 2.49. The van der Waals surface area contributed by atoms with E-state index in [9.17, 15) is 4.79 Å². The van der Waals surface area contributed by atoms with Gasteiger partial charge in [-0.15, -0.1) is 0 Å². The smallest absolute Gasteiger partial charge is 0.262 e. The van der Waals surface area contributed by atoms with E-state index in [-0.39, 0.29) is 12.5 Å². The third-order valence-corrected chi connectivity index (χ3v) is 3.56. The normalized spacial score (nSPS) is 10.2. The fraction of sp³-hybridized carbons (Fsp3) is 0.235. The van der Waals surface area contributed by atoms with Crippen molar-refractivity contribution in [1.82, 2.24) is 0 Å². The summed E-state index contributed by atoms with van der Waals surface area (Å²) in [7, 11) is 0. The molecule has 0 aliphatic heterocycles. The second-order valence-corrected chi connectivity index (χ2v) is 5.21. The van der Waals surface area contributed by atoms with Gasteiger partial charge in [0.2, 0.25) is 0 Å². The van der Waals surface area contributed by atoms with E-state index in [4.69, 9.17) is 16.3 Å². The van der Waals surface area contributed by atoms with E-state index < -0.39 is 0 Å². The Bertz CT molecular complexity index is 623. The fourth-order valence-corrected chi connectivity index (χ4v) is 2.02. The minimum absolute atomic E-state index is 0.0308. The van der Waals surface area contributed by atoms with Crippen molar-refractivity contribution < 1.29 is 9.53 Å². The number of ether oxygens (including phenoxy) is 1. The highest BCUT2D eigenvalue weighted by atomic mass is 35.5. The summed E-state index contributed by atoms with van der Waals surface area (Å²) in [6.45, 7) is 3.98. The highest BCUT2D eigenvalue weighted by molar-refractivity contribution is 6.31. The van der Waals surface area contributed by atoms with Crippen LogP contribution >= 0.6 is 11.6 Å². The molecule has 0 bridgehead atoms. The fourth-order valence-electron chi connectivity index (χ4n) is 1.84. The van der Waals surface area contributed by atoms with Crippen molar-refractivity contribution in [2.24, 2.45) is 0 Å². The molecule has 0 saturated heterocycles. The number of amides is 1. The van der Waals surface area contributed by atoms with Crippen molar-refractivity contribution in [2.45, 2.75) is 20.3 Å². The van der Waals surface area contributed by atoms with Crippen LogP contribution in [0.15, 0.2) is 42.5 Å². The van der Waals surface area contributed by atoms with Gasteiger partial charge in [-0.05, 0) is 48.7 Å². The maximum atomic E-state index is 11.8. The number of carbonyl (C=O) groups excluding carboxylic acids is 1. The standard InChI is InChI=1S/C17H18ClNO2/c1-3-13-5-8-15(9-6-13)21-11-17(20)19-14-7-4-12(2)16(18)10-14/h4-10H,3,11H2,1-2H3,(H,19,20). The molecule has 4 heteroatoms. The Kier molecular flexibility index (Phi) is 5.23. The molecule has 0 heterocycles. The van der Waals surface area contributed by atoms with Crippen LogP contribution < -0.4 is 10.1 Å². The Morgan fingerprint density at radius 1 is 1.19 bits per heavy atom. The zero-order valence-corrected chi connectivity index (χ0v) is 12.9. The van der Waals surface area contributed by atoms with Gasteiger partial charge in [0.05, 0.1) is 0 Å². The number of nitrogens with one attached hydrogen (secondary N) is 1. The Morgan fingerprint density at radius 2 is 1.90 bits per heavy atom. The van der Waals surface area contributed by atoms with Crippen LogP contribution in [-0.4, -0.2) is 12.5 Å². The molecule has 0 radical (unpaired) electrons. The first-order valence-electron chi connectivity index (χ1n) is 6.86. The van der Waals surface area contributed by atoms with Crippen LogP contribution in [-0.2, 0) is 11.2 Å². The first-order valence-corrected chi connectivity index (χ1v) is 7.24. The number of anilines is 1. The molecule has 0 aromatic heterocycles. The molecule has 0 atom stereocenters. The van der Waals surface area contributed by atoms with E-state index in [0.717, 1.165) is 12.0 Å². The molecular formula is C17H18ClNO2. The Labute approximate surface area is 129 Å². The third kappa shape index (κ3) is 4.50. The quantitative estimate of drug-likeness (QED) is 0.897.